The molecule has 168 valence electrons. The van der Waals surface area contributed by atoms with Crippen LogP contribution >= 0.6 is 0 Å². The highest BCUT2D eigenvalue weighted by molar-refractivity contribution is 5.98. The van der Waals surface area contributed by atoms with Gasteiger partial charge in [-0.25, -0.2) is 9.78 Å². The third kappa shape index (κ3) is 3.68. The normalized spacial score (nSPS) is 21.6. The molecule has 33 heavy (non-hydrogen) atoms. The maximum absolute atomic E-state index is 12.1. The Hall–Kier alpha value is -3.91. The Morgan fingerprint density at radius 2 is 1.82 bits per heavy atom. The van der Waals surface area contributed by atoms with Crippen molar-refractivity contribution in [2.75, 3.05) is 18.6 Å². The molecule has 2 amide bonds. The van der Waals surface area contributed by atoms with E-state index in [-0.39, 0.29) is 12.5 Å². The Morgan fingerprint density at radius 1 is 1.12 bits per heavy atom. The van der Waals surface area contributed by atoms with Gasteiger partial charge < -0.3 is 25.2 Å². The van der Waals surface area contributed by atoms with Crippen LogP contribution in [0.15, 0.2) is 60.7 Å². The Labute approximate surface area is 190 Å². The van der Waals surface area contributed by atoms with Crippen LogP contribution in [0, 0.1) is 0 Å². The van der Waals surface area contributed by atoms with Gasteiger partial charge in [-0.1, -0.05) is 54.6 Å². The quantitative estimate of drug-likeness (QED) is 0.568. The summed E-state index contributed by atoms with van der Waals surface area (Å²) in [5, 5.41) is 21.7. The van der Waals surface area contributed by atoms with Gasteiger partial charge in [-0.3, -0.25) is 4.79 Å². The molecule has 1 aliphatic carbocycles. The van der Waals surface area contributed by atoms with E-state index >= 15 is 0 Å². The summed E-state index contributed by atoms with van der Waals surface area (Å²) in [6.45, 7) is -0.0642. The van der Waals surface area contributed by atoms with Crippen molar-refractivity contribution in [2.45, 2.75) is 24.5 Å². The van der Waals surface area contributed by atoms with E-state index in [1.165, 1.54) is 0 Å². The topological polar surface area (TPSA) is 112 Å². The predicted molar refractivity (Wildman–Crippen MR) is 122 cm³/mol. The van der Waals surface area contributed by atoms with Crippen molar-refractivity contribution >= 4 is 17.7 Å². The molecule has 1 saturated carbocycles. The highest BCUT2D eigenvalue weighted by atomic mass is 16.5. The number of benzene rings is 2. The van der Waals surface area contributed by atoms with Gasteiger partial charge in [0.25, 0.3) is 5.91 Å². The standard InChI is InChI=1S/C25H23N3O5/c1-28-20-11-19(15-5-3-2-4-6-15)22(26-23(20)33-14-21(28)30)16-7-9-17(10-8-16)25(27-24(31)32)12-18(29)13-25/h2-11,18,27,29H,12-14H2,1H3,(H,31,32). The SMILES string of the molecule is CN1C(=O)COc2nc(-c3ccc(C4(NC(=O)O)CC(O)C4)cc3)c(-c3ccccc3)cc21. The molecule has 0 bridgehead atoms. The van der Waals surface area contributed by atoms with E-state index in [4.69, 9.17) is 9.72 Å². The maximum atomic E-state index is 12.1. The number of carbonyl (C=O) groups is 2. The number of pyridine rings is 1. The monoisotopic (exact) mass is 445 g/mol. The number of hydrogen-bond donors (Lipinski definition) is 3. The molecule has 2 aromatic carbocycles. The lowest BCUT2D eigenvalue weighted by Crippen LogP contribution is -2.56. The number of amides is 2. The van der Waals surface area contributed by atoms with Crippen molar-refractivity contribution in [3.8, 4) is 28.3 Å². The molecule has 8 nitrogen and oxygen atoms in total. The molecule has 1 aromatic heterocycles. The van der Waals surface area contributed by atoms with Crippen LogP contribution in [-0.2, 0) is 10.3 Å². The first-order valence-corrected chi connectivity index (χ1v) is 10.7. The van der Waals surface area contributed by atoms with Crippen LogP contribution in [0.25, 0.3) is 22.4 Å². The summed E-state index contributed by atoms with van der Waals surface area (Å²) in [7, 11) is 1.70. The Kier molecular flexibility index (Phi) is 5.02. The van der Waals surface area contributed by atoms with Gasteiger partial charge in [0, 0.05) is 31.0 Å². The van der Waals surface area contributed by atoms with Crippen LogP contribution in [0.3, 0.4) is 0 Å². The molecule has 1 fully saturated rings. The van der Waals surface area contributed by atoms with E-state index in [2.05, 4.69) is 5.32 Å². The van der Waals surface area contributed by atoms with E-state index in [1.54, 1.807) is 11.9 Å². The molecule has 1 aliphatic heterocycles. The fourth-order valence-electron chi connectivity index (χ4n) is 4.56. The summed E-state index contributed by atoms with van der Waals surface area (Å²) in [5.74, 6) is 0.251. The minimum atomic E-state index is -1.12. The predicted octanol–water partition coefficient (Wildman–Crippen LogP) is 3.39. The summed E-state index contributed by atoms with van der Waals surface area (Å²) >= 11 is 0. The molecule has 0 unspecified atom stereocenters. The second kappa shape index (κ2) is 7.90. The minimum Gasteiger partial charge on any atom is -0.466 e. The summed E-state index contributed by atoms with van der Waals surface area (Å²) in [6.07, 6.45) is -0.983. The van der Waals surface area contributed by atoms with E-state index < -0.39 is 17.7 Å². The summed E-state index contributed by atoms with van der Waals surface area (Å²) in [6, 6.07) is 19.2. The maximum Gasteiger partial charge on any atom is 0.405 e. The average Bonchev–Trinajstić information content (AvgIpc) is 2.80. The summed E-state index contributed by atoms with van der Waals surface area (Å²) < 4.78 is 5.61. The average molecular weight is 445 g/mol. The number of nitrogens with one attached hydrogen (secondary N) is 1. The minimum absolute atomic E-state index is 0.0642. The number of nitrogens with zero attached hydrogens (tertiary/aromatic N) is 2. The smallest absolute Gasteiger partial charge is 0.405 e. The number of aliphatic hydroxyl groups excluding tert-OH is 1. The van der Waals surface area contributed by atoms with Crippen molar-refractivity contribution in [3.05, 3.63) is 66.2 Å². The fraction of sp³-hybridized carbons (Fsp3) is 0.240. The van der Waals surface area contributed by atoms with E-state index in [9.17, 15) is 19.8 Å². The van der Waals surface area contributed by atoms with Gasteiger partial charge in [0.15, 0.2) is 6.61 Å². The van der Waals surface area contributed by atoms with Gasteiger partial charge in [0.2, 0.25) is 5.88 Å². The zero-order valence-corrected chi connectivity index (χ0v) is 18.0. The number of carboxylic acid groups (broad SMARTS) is 1. The third-order valence-corrected chi connectivity index (χ3v) is 6.35. The number of likely N-dealkylation sites (N-methyl/N-ethyl adjacent to an activating group) is 1. The van der Waals surface area contributed by atoms with Crippen molar-refractivity contribution in [1.82, 2.24) is 10.3 Å². The van der Waals surface area contributed by atoms with Gasteiger partial charge in [0.05, 0.1) is 17.3 Å². The van der Waals surface area contributed by atoms with Crippen LogP contribution in [0.4, 0.5) is 10.5 Å². The van der Waals surface area contributed by atoms with Crippen molar-refractivity contribution in [2.24, 2.45) is 0 Å². The molecule has 3 N–H and O–H groups in total. The molecule has 8 heteroatoms. The second-order valence-electron chi connectivity index (χ2n) is 8.47. The van der Waals surface area contributed by atoms with Gasteiger partial charge in [-0.2, -0.15) is 0 Å². The Balaban J connectivity index is 1.59. The lowest BCUT2D eigenvalue weighted by atomic mass is 9.69. The number of anilines is 1. The van der Waals surface area contributed by atoms with Crippen LogP contribution in [0.1, 0.15) is 18.4 Å². The number of fused-ring (bicyclic) bond motifs is 1. The van der Waals surface area contributed by atoms with Crippen molar-refractivity contribution in [3.63, 3.8) is 0 Å². The number of rotatable bonds is 4. The first-order valence-electron chi connectivity index (χ1n) is 10.7. The third-order valence-electron chi connectivity index (χ3n) is 6.35. The molecule has 2 heterocycles. The molecular weight excluding hydrogens is 422 g/mol. The Bertz CT molecular complexity index is 1220. The molecular formula is C25H23N3O5. The lowest BCUT2D eigenvalue weighted by molar-refractivity contribution is -0.121. The zero-order valence-electron chi connectivity index (χ0n) is 18.0. The summed E-state index contributed by atoms with van der Waals surface area (Å²) in [4.78, 5) is 29.8. The fourth-order valence-corrected chi connectivity index (χ4v) is 4.56. The van der Waals surface area contributed by atoms with Crippen LogP contribution in [0.2, 0.25) is 0 Å². The molecule has 0 spiro atoms. The number of aromatic nitrogens is 1. The number of carbonyl (C=O) groups excluding carboxylic acids is 1. The lowest BCUT2D eigenvalue weighted by Gasteiger charge is -2.45. The van der Waals surface area contributed by atoms with Gasteiger partial charge in [-0.15, -0.1) is 0 Å². The number of aliphatic hydroxyl groups is 1. The molecule has 0 atom stereocenters. The van der Waals surface area contributed by atoms with Gasteiger partial charge in [0.1, 0.15) is 5.69 Å². The van der Waals surface area contributed by atoms with E-state index in [0.29, 0.717) is 30.1 Å². The molecule has 0 radical (unpaired) electrons. The van der Waals surface area contributed by atoms with Gasteiger partial charge >= 0.3 is 6.09 Å². The molecule has 0 saturated heterocycles. The van der Waals surface area contributed by atoms with E-state index in [1.807, 2.05) is 60.7 Å². The van der Waals surface area contributed by atoms with Crippen LogP contribution in [-0.4, -0.2) is 47.0 Å². The van der Waals surface area contributed by atoms with Crippen LogP contribution in [0.5, 0.6) is 5.88 Å². The van der Waals surface area contributed by atoms with Crippen molar-refractivity contribution < 1.29 is 24.5 Å². The second-order valence-corrected chi connectivity index (χ2v) is 8.47. The highest BCUT2D eigenvalue weighted by Gasteiger charge is 2.46. The number of ether oxygens (including phenoxy) is 1. The Morgan fingerprint density at radius 3 is 2.45 bits per heavy atom. The zero-order chi connectivity index (χ0) is 23.2. The van der Waals surface area contributed by atoms with Crippen LogP contribution < -0.4 is 15.0 Å². The molecule has 3 aromatic rings. The molecule has 2 aliphatic rings. The van der Waals surface area contributed by atoms with E-state index in [0.717, 1.165) is 22.3 Å². The summed E-state index contributed by atoms with van der Waals surface area (Å²) in [5.41, 5.74) is 3.94. The van der Waals surface area contributed by atoms with Crippen molar-refractivity contribution in [1.29, 1.82) is 0 Å². The first-order chi connectivity index (χ1) is 15.9. The highest BCUT2D eigenvalue weighted by Crippen LogP contribution is 2.43. The first kappa shape index (κ1) is 21.0. The number of hydrogen-bond acceptors (Lipinski definition) is 5. The largest absolute Gasteiger partial charge is 0.466 e. The molecule has 5 rings (SSSR count). The van der Waals surface area contributed by atoms with Gasteiger partial charge in [-0.05, 0) is 17.2 Å².